The van der Waals surface area contributed by atoms with E-state index >= 15 is 0 Å². The van der Waals surface area contributed by atoms with Crippen molar-refractivity contribution in [3.63, 3.8) is 0 Å². The van der Waals surface area contributed by atoms with Gasteiger partial charge in [-0.05, 0) is 64.3 Å². The normalized spacial score (nSPS) is 19.8. The first-order chi connectivity index (χ1) is 18.4. The van der Waals surface area contributed by atoms with Gasteiger partial charge < -0.3 is 23.8 Å². The third kappa shape index (κ3) is 4.33. The van der Waals surface area contributed by atoms with Crippen LogP contribution in [-0.4, -0.2) is 38.1 Å². The SMILES string of the molecule is CCCOC1C(OC)=CC=C2C1=CN1CCc3cc4c(cc3C1=C2Cc1ccc(C(C)(C)C)cc1)OCO4. The van der Waals surface area contributed by atoms with E-state index in [1.165, 1.54) is 44.7 Å². The molecule has 1 aliphatic carbocycles. The van der Waals surface area contributed by atoms with Crippen LogP contribution in [0.15, 0.2) is 77.2 Å². The number of methoxy groups -OCH3 is 1. The van der Waals surface area contributed by atoms with Gasteiger partial charge in [0.2, 0.25) is 6.79 Å². The lowest BCUT2D eigenvalue weighted by Gasteiger charge is -2.40. The molecule has 3 aliphatic heterocycles. The van der Waals surface area contributed by atoms with Crippen molar-refractivity contribution in [3.8, 4) is 11.5 Å². The lowest BCUT2D eigenvalue weighted by molar-refractivity contribution is 0.0609. The highest BCUT2D eigenvalue weighted by Gasteiger charge is 2.37. The van der Waals surface area contributed by atoms with Gasteiger partial charge in [0.25, 0.3) is 0 Å². The molecule has 0 amide bonds. The van der Waals surface area contributed by atoms with E-state index in [4.69, 9.17) is 18.9 Å². The van der Waals surface area contributed by atoms with E-state index in [2.05, 4.69) is 87.3 Å². The molecule has 0 N–H and O–H groups in total. The second-order valence-electron chi connectivity index (χ2n) is 11.4. The van der Waals surface area contributed by atoms with Crippen molar-refractivity contribution in [1.82, 2.24) is 4.90 Å². The van der Waals surface area contributed by atoms with E-state index in [1.807, 2.05) is 0 Å². The third-order valence-electron chi connectivity index (χ3n) is 7.86. The Hall–Kier alpha value is -3.44. The predicted molar refractivity (Wildman–Crippen MR) is 150 cm³/mol. The zero-order valence-corrected chi connectivity index (χ0v) is 23.1. The molecule has 5 nitrogen and oxygen atoms in total. The van der Waals surface area contributed by atoms with E-state index in [0.717, 1.165) is 43.1 Å². The molecule has 6 rings (SSSR count). The molecular formula is C33H37NO4. The van der Waals surface area contributed by atoms with Crippen LogP contribution in [-0.2, 0) is 27.7 Å². The minimum Gasteiger partial charge on any atom is -0.498 e. The lowest BCUT2D eigenvalue weighted by Crippen LogP contribution is -2.34. The first-order valence-corrected chi connectivity index (χ1v) is 13.7. The monoisotopic (exact) mass is 511 g/mol. The summed E-state index contributed by atoms with van der Waals surface area (Å²) in [6, 6.07) is 13.5. The Morgan fingerprint density at radius 2 is 1.79 bits per heavy atom. The highest BCUT2D eigenvalue weighted by molar-refractivity contribution is 5.82. The van der Waals surface area contributed by atoms with Crippen LogP contribution in [0.1, 0.15) is 56.4 Å². The van der Waals surface area contributed by atoms with E-state index in [0.29, 0.717) is 6.61 Å². The molecule has 2 aromatic carbocycles. The fraction of sp³-hybridized carbons (Fsp3) is 0.394. The maximum absolute atomic E-state index is 6.38. The summed E-state index contributed by atoms with van der Waals surface area (Å²) in [4.78, 5) is 2.41. The van der Waals surface area contributed by atoms with Crippen molar-refractivity contribution in [1.29, 1.82) is 0 Å². The quantitative estimate of drug-likeness (QED) is 0.432. The largest absolute Gasteiger partial charge is 0.498 e. The molecule has 2 aromatic rings. The van der Waals surface area contributed by atoms with Gasteiger partial charge in [-0.2, -0.15) is 0 Å². The molecule has 1 atom stereocenters. The Morgan fingerprint density at radius 3 is 2.50 bits per heavy atom. The summed E-state index contributed by atoms with van der Waals surface area (Å²) < 4.78 is 23.7. The number of benzene rings is 2. The second kappa shape index (κ2) is 9.70. The van der Waals surface area contributed by atoms with Crippen LogP contribution in [0.4, 0.5) is 0 Å². The molecule has 0 aromatic heterocycles. The highest BCUT2D eigenvalue weighted by atomic mass is 16.7. The van der Waals surface area contributed by atoms with Gasteiger partial charge >= 0.3 is 0 Å². The molecule has 198 valence electrons. The first kappa shape index (κ1) is 24.9. The summed E-state index contributed by atoms with van der Waals surface area (Å²) in [6.07, 6.45) is 9.09. The molecule has 0 saturated heterocycles. The zero-order valence-electron chi connectivity index (χ0n) is 23.1. The van der Waals surface area contributed by atoms with Gasteiger partial charge in [-0.3, -0.25) is 0 Å². The maximum atomic E-state index is 6.38. The number of ether oxygens (including phenoxy) is 4. The molecule has 0 bridgehead atoms. The highest BCUT2D eigenvalue weighted by Crippen LogP contribution is 2.47. The summed E-state index contributed by atoms with van der Waals surface area (Å²) >= 11 is 0. The summed E-state index contributed by atoms with van der Waals surface area (Å²) in [5, 5.41) is 0. The molecule has 0 spiro atoms. The van der Waals surface area contributed by atoms with Crippen molar-refractivity contribution in [2.45, 2.75) is 58.5 Å². The van der Waals surface area contributed by atoms with E-state index in [9.17, 15) is 0 Å². The molecule has 0 fully saturated rings. The van der Waals surface area contributed by atoms with Gasteiger partial charge in [0.15, 0.2) is 11.5 Å². The maximum Gasteiger partial charge on any atom is 0.231 e. The van der Waals surface area contributed by atoms with Crippen LogP contribution in [0.3, 0.4) is 0 Å². The van der Waals surface area contributed by atoms with Crippen molar-refractivity contribution in [2.75, 3.05) is 27.1 Å². The fourth-order valence-corrected chi connectivity index (χ4v) is 5.82. The number of nitrogens with zero attached hydrogens (tertiary/aromatic N) is 1. The fourth-order valence-electron chi connectivity index (χ4n) is 5.82. The third-order valence-corrected chi connectivity index (χ3v) is 7.86. The number of allylic oxidation sites excluding steroid dienone is 3. The summed E-state index contributed by atoms with van der Waals surface area (Å²) in [6.45, 7) is 10.8. The number of hydrogen-bond acceptors (Lipinski definition) is 5. The number of hydrogen-bond donors (Lipinski definition) is 0. The van der Waals surface area contributed by atoms with Crippen LogP contribution in [0, 0.1) is 0 Å². The van der Waals surface area contributed by atoms with Gasteiger partial charge in [0.1, 0.15) is 11.9 Å². The average molecular weight is 512 g/mol. The Labute approximate surface area is 226 Å². The van der Waals surface area contributed by atoms with Crippen LogP contribution < -0.4 is 9.47 Å². The van der Waals surface area contributed by atoms with Crippen LogP contribution >= 0.6 is 0 Å². The Bertz CT molecular complexity index is 1370. The second-order valence-corrected chi connectivity index (χ2v) is 11.4. The van der Waals surface area contributed by atoms with Gasteiger partial charge in [-0.1, -0.05) is 58.0 Å². The van der Waals surface area contributed by atoms with Crippen LogP contribution in [0.25, 0.3) is 5.70 Å². The molecule has 4 aliphatic rings. The average Bonchev–Trinajstić information content (AvgIpc) is 3.37. The summed E-state index contributed by atoms with van der Waals surface area (Å²) in [5.41, 5.74) is 10.3. The Morgan fingerprint density at radius 1 is 1.03 bits per heavy atom. The van der Waals surface area contributed by atoms with Crippen molar-refractivity contribution < 1.29 is 18.9 Å². The number of fused-ring (bicyclic) bond motifs is 5. The topological polar surface area (TPSA) is 40.2 Å². The minimum absolute atomic E-state index is 0.125. The van der Waals surface area contributed by atoms with E-state index in [-0.39, 0.29) is 18.3 Å². The summed E-state index contributed by atoms with van der Waals surface area (Å²) in [5.74, 6) is 2.53. The van der Waals surface area contributed by atoms with Crippen LogP contribution in [0.5, 0.6) is 11.5 Å². The molecule has 0 saturated carbocycles. The molecule has 5 heteroatoms. The van der Waals surface area contributed by atoms with Gasteiger partial charge in [0.05, 0.1) is 12.8 Å². The summed E-state index contributed by atoms with van der Waals surface area (Å²) in [7, 11) is 1.73. The zero-order chi connectivity index (χ0) is 26.4. The Balaban J connectivity index is 1.49. The molecule has 38 heavy (non-hydrogen) atoms. The smallest absolute Gasteiger partial charge is 0.231 e. The predicted octanol–water partition coefficient (Wildman–Crippen LogP) is 6.69. The van der Waals surface area contributed by atoms with Crippen molar-refractivity contribution in [2.24, 2.45) is 0 Å². The van der Waals surface area contributed by atoms with Crippen LogP contribution in [0.2, 0.25) is 0 Å². The van der Waals surface area contributed by atoms with E-state index in [1.54, 1.807) is 7.11 Å². The molecular weight excluding hydrogens is 474 g/mol. The minimum atomic E-state index is -0.210. The number of rotatable bonds is 6. The standard InChI is InChI=1S/C33H37NO4/c1-6-15-36-32-27-19-34-14-13-22-17-29-30(38-20-37-29)18-25(22)31(34)26(24(27)11-12-28(32)35-5)16-21-7-9-23(10-8-21)33(2,3)4/h7-12,17-19,32H,6,13-16,20H2,1-5H3. The van der Waals surface area contributed by atoms with Gasteiger partial charge in [0, 0.05) is 36.9 Å². The first-order valence-electron chi connectivity index (χ1n) is 13.7. The molecule has 1 unspecified atom stereocenters. The van der Waals surface area contributed by atoms with Crippen molar-refractivity contribution >= 4 is 5.70 Å². The van der Waals surface area contributed by atoms with Crippen molar-refractivity contribution in [3.05, 3.63) is 99.5 Å². The van der Waals surface area contributed by atoms with Gasteiger partial charge in [-0.15, -0.1) is 0 Å². The van der Waals surface area contributed by atoms with Gasteiger partial charge in [-0.25, -0.2) is 0 Å². The molecule has 3 heterocycles. The lowest BCUT2D eigenvalue weighted by atomic mass is 9.79. The molecule has 0 radical (unpaired) electrons. The van der Waals surface area contributed by atoms with E-state index < -0.39 is 0 Å². The Kier molecular flexibility index (Phi) is 6.35.